The number of oxime groups is 1. The van der Waals surface area contributed by atoms with E-state index in [1.807, 2.05) is 62.4 Å². The van der Waals surface area contributed by atoms with Gasteiger partial charge in [0.2, 0.25) is 5.60 Å². The van der Waals surface area contributed by atoms with E-state index in [2.05, 4.69) is 10.5 Å². The number of aliphatic carboxylic acids is 1. The van der Waals surface area contributed by atoms with Gasteiger partial charge in [0.25, 0.3) is 5.91 Å². The molecule has 0 saturated heterocycles. The van der Waals surface area contributed by atoms with E-state index in [0.29, 0.717) is 17.8 Å². The zero-order valence-electron chi connectivity index (χ0n) is 15.4. The minimum Gasteiger partial charge on any atom is -0.481 e. The summed E-state index contributed by atoms with van der Waals surface area (Å²) in [7, 11) is 0. The van der Waals surface area contributed by atoms with Crippen molar-refractivity contribution in [2.45, 2.75) is 38.7 Å². The topological polar surface area (TPSA) is 88.0 Å². The third-order valence-electron chi connectivity index (χ3n) is 4.66. The van der Waals surface area contributed by atoms with Gasteiger partial charge in [0, 0.05) is 18.5 Å². The predicted molar refractivity (Wildman–Crippen MR) is 103 cm³/mol. The van der Waals surface area contributed by atoms with Crippen LogP contribution in [0.3, 0.4) is 0 Å². The number of hydrogen-bond donors (Lipinski definition) is 2. The number of carbonyl (C=O) groups is 2. The molecule has 1 aliphatic heterocycles. The molecule has 0 aliphatic carbocycles. The van der Waals surface area contributed by atoms with Gasteiger partial charge < -0.3 is 15.3 Å². The molecule has 2 N–H and O–H groups in total. The van der Waals surface area contributed by atoms with Crippen LogP contribution in [-0.2, 0) is 20.8 Å². The second-order valence-electron chi connectivity index (χ2n) is 6.87. The number of carbonyl (C=O) groups excluding carboxylic acids is 1. The van der Waals surface area contributed by atoms with Crippen molar-refractivity contribution in [2.24, 2.45) is 5.16 Å². The number of amides is 1. The monoisotopic (exact) mass is 366 g/mol. The van der Waals surface area contributed by atoms with Crippen LogP contribution >= 0.6 is 0 Å². The molecule has 3 rings (SSSR count). The maximum Gasteiger partial charge on any atom is 0.308 e. The highest BCUT2D eigenvalue weighted by atomic mass is 16.7. The van der Waals surface area contributed by atoms with Crippen LogP contribution in [0.15, 0.2) is 53.7 Å². The largest absolute Gasteiger partial charge is 0.481 e. The molecular formula is C21H22N2O4. The van der Waals surface area contributed by atoms with E-state index in [1.54, 1.807) is 0 Å². The van der Waals surface area contributed by atoms with Crippen LogP contribution in [0.2, 0.25) is 0 Å². The van der Waals surface area contributed by atoms with Gasteiger partial charge in [-0.3, -0.25) is 9.59 Å². The second kappa shape index (κ2) is 7.61. The number of carboxylic acid groups (broad SMARTS) is 1. The number of carboxylic acids is 1. The Morgan fingerprint density at radius 3 is 2.41 bits per heavy atom. The fourth-order valence-corrected chi connectivity index (χ4v) is 3.25. The van der Waals surface area contributed by atoms with Crippen molar-refractivity contribution in [1.29, 1.82) is 0 Å². The summed E-state index contributed by atoms with van der Waals surface area (Å²) < 4.78 is 0. The van der Waals surface area contributed by atoms with Crippen LogP contribution in [0, 0.1) is 13.8 Å². The molecule has 6 heteroatoms. The predicted octanol–water partition coefficient (Wildman–Crippen LogP) is 3.47. The van der Waals surface area contributed by atoms with Gasteiger partial charge in [0.1, 0.15) is 0 Å². The van der Waals surface area contributed by atoms with Crippen LogP contribution < -0.4 is 5.32 Å². The average molecular weight is 366 g/mol. The fourth-order valence-electron chi connectivity index (χ4n) is 3.25. The Morgan fingerprint density at radius 1 is 1.11 bits per heavy atom. The van der Waals surface area contributed by atoms with Crippen molar-refractivity contribution in [3.8, 4) is 0 Å². The molecule has 1 amide bonds. The van der Waals surface area contributed by atoms with E-state index in [9.17, 15) is 14.7 Å². The van der Waals surface area contributed by atoms with E-state index in [1.165, 1.54) is 0 Å². The Balaban J connectivity index is 1.80. The molecule has 0 aromatic heterocycles. The molecule has 0 unspecified atom stereocenters. The van der Waals surface area contributed by atoms with Crippen molar-refractivity contribution < 1.29 is 19.5 Å². The number of nitrogens with one attached hydrogen (secondary N) is 1. The summed E-state index contributed by atoms with van der Waals surface area (Å²) >= 11 is 0. The Labute approximate surface area is 157 Å². The molecule has 0 spiro atoms. The van der Waals surface area contributed by atoms with Crippen molar-refractivity contribution in [2.75, 3.05) is 5.32 Å². The van der Waals surface area contributed by atoms with Crippen LogP contribution in [0.4, 0.5) is 5.69 Å². The number of hydrogen-bond acceptors (Lipinski definition) is 4. The van der Waals surface area contributed by atoms with Crippen LogP contribution in [0.25, 0.3) is 0 Å². The van der Waals surface area contributed by atoms with E-state index >= 15 is 0 Å². The molecular weight excluding hydrogens is 344 g/mol. The minimum absolute atomic E-state index is 0.144. The van der Waals surface area contributed by atoms with Crippen LogP contribution in [0.1, 0.15) is 29.5 Å². The van der Waals surface area contributed by atoms with Gasteiger partial charge in [0.05, 0.1) is 12.1 Å². The Bertz CT molecular complexity index is 872. The average Bonchev–Trinajstić information content (AvgIpc) is 3.02. The lowest BCUT2D eigenvalue weighted by atomic mass is 9.90. The summed E-state index contributed by atoms with van der Waals surface area (Å²) in [6, 6.07) is 15.4. The van der Waals surface area contributed by atoms with E-state index in [4.69, 9.17) is 4.84 Å². The number of nitrogens with zero attached hydrogens (tertiary/aromatic N) is 1. The molecule has 1 heterocycles. The summed E-state index contributed by atoms with van der Waals surface area (Å²) in [6.07, 6.45) is 0.204. The minimum atomic E-state index is -1.54. The number of para-hydroxylation sites is 1. The van der Waals surface area contributed by atoms with E-state index < -0.39 is 23.9 Å². The lowest BCUT2D eigenvalue weighted by Crippen LogP contribution is -2.45. The summed E-state index contributed by atoms with van der Waals surface area (Å²) in [5, 5.41) is 16.2. The van der Waals surface area contributed by atoms with Gasteiger partial charge in [-0.2, -0.15) is 0 Å². The first-order valence-electron chi connectivity index (χ1n) is 8.77. The number of aryl methyl sites for hydroxylation is 2. The lowest BCUT2D eigenvalue weighted by Gasteiger charge is -2.24. The number of rotatable bonds is 6. The zero-order valence-corrected chi connectivity index (χ0v) is 15.4. The number of anilines is 1. The highest BCUT2D eigenvalue weighted by Gasteiger charge is 2.48. The molecule has 2 aromatic carbocycles. The van der Waals surface area contributed by atoms with Gasteiger partial charge in [-0.05, 0) is 30.5 Å². The van der Waals surface area contributed by atoms with Crippen LogP contribution in [-0.4, -0.2) is 28.3 Å². The maximum absolute atomic E-state index is 13.0. The highest BCUT2D eigenvalue weighted by Crippen LogP contribution is 2.32. The normalized spacial score (nSPS) is 18.5. The Morgan fingerprint density at radius 2 is 1.78 bits per heavy atom. The number of benzene rings is 2. The standard InChI is InChI=1S/C21H22N2O4/c1-14-7-6-8-15(2)19(14)22-20(26)21(13-18(24)25)12-17(23-27-21)11-16-9-4-3-5-10-16/h3-10H,11-13H2,1-2H3,(H,22,26)(H,24,25)/t21-/m1/s1. The van der Waals surface area contributed by atoms with Gasteiger partial charge in [0.15, 0.2) is 0 Å². The first-order valence-corrected chi connectivity index (χ1v) is 8.77. The van der Waals surface area contributed by atoms with E-state index in [-0.39, 0.29) is 6.42 Å². The van der Waals surface area contributed by atoms with Crippen molar-refractivity contribution in [3.05, 3.63) is 65.2 Å². The van der Waals surface area contributed by atoms with Gasteiger partial charge in [-0.25, -0.2) is 0 Å². The molecule has 1 aliphatic rings. The quantitative estimate of drug-likeness (QED) is 0.819. The zero-order chi connectivity index (χ0) is 19.4. The van der Waals surface area contributed by atoms with Crippen molar-refractivity contribution >= 4 is 23.3 Å². The molecule has 0 radical (unpaired) electrons. The summed E-state index contributed by atoms with van der Waals surface area (Å²) in [6.45, 7) is 3.78. The van der Waals surface area contributed by atoms with Crippen molar-refractivity contribution in [3.63, 3.8) is 0 Å². The summed E-state index contributed by atoms with van der Waals surface area (Å²) in [5.74, 6) is -1.60. The van der Waals surface area contributed by atoms with E-state index in [0.717, 1.165) is 16.7 Å². The van der Waals surface area contributed by atoms with Gasteiger partial charge >= 0.3 is 5.97 Å². The molecule has 6 nitrogen and oxygen atoms in total. The van der Waals surface area contributed by atoms with Crippen LogP contribution in [0.5, 0.6) is 0 Å². The van der Waals surface area contributed by atoms with Crippen molar-refractivity contribution in [1.82, 2.24) is 0 Å². The molecule has 0 saturated carbocycles. The fraction of sp³-hybridized carbons (Fsp3) is 0.286. The first-order chi connectivity index (χ1) is 12.9. The third kappa shape index (κ3) is 4.16. The first kappa shape index (κ1) is 18.6. The molecule has 0 bridgehead atoms. The summed E-state index contributed by atoms with van der Waals surface area (Å²) in [4.78, 5) is 29.9. The molecule has 0 fully saturated rings. The lowest BCUT2D eigenvalue weighted by molar-refractivity contribution is -0.152. The summed E-state index contributed by atoms with van der Waals surface area (Å²) in [5.41, 5.74) is 2.62. The SMILES string of the molecule is Cc1cccc(C)c1NC(=O)[C@]1(CC(=O)O)CC(Cc2ccccc2)=NO1. The molecule has 1 atom stereocenters. The second-order valence-corrected chi connectivity index (χ2v) is 6.87. The Kier molecular flexibility index (Phi) is 5.26. The molecule has 27 heavy (non-hydrogen) atoms. The molecule has 2 aromatic rings. The highest BCUT2D eigenvalue weighted by molar-refractivity contribution is 6.05. The smallest absolute Gasteiger partial charge is 0.308 e. The Hall–Kier alpha value is -3.15. The van der Waals surface area contributed by atoms with Gasteiger partial charge in [-0.15, -0.1) is 0 Å². The maximum atomic E-state index is 13.0. The third-order valence-corrected chi connectivity index (χ3v) is 4.66. The van der Waals surface area contributed by atoms with Gasteiger partial charge in [-0.1, -0.05) is 53.7 Å². The molecule has 140 valence electrons.